The molecule has 0 bridgehead atoms. The van der Waals surface area contributed by atoms with Crippen molar-refractivity contribution in [2.45, 2.75) is 37.9 Å². The van der Waals surface area contributed by atoms with Crippen LogP contribution in [0.1, 0.15) is 26.2 Å². The number of hydrogen-bond acceptors (Lipinski definition) is 3. The van der Waals surface area contributed by atoms with Gasteiger partial charge in [0, 0.05) is 19.4 Å². The van der Waals surface area contributed by atoms with E-state index in [-0.39, 0.29) is 18.9 Å². The Morgan fingerprint density at radius 1 is 1.75 bits per heavy atom. The lowest BCUT2D eigenvalue weighted by atomic mass is 9.91. The van der Waals surface area contributed by atoms with E-state index in [2.05, 4.69) is 0 Å². The third kappa shape index (κ3) is 1.95. The number of aliphatic carboxylic acids is 1. The van der Waals surface area contributed by atoms with E-state index < -0.39 is 11.6 Å². The highest BCUT2D eigenvalue weighted by molar-refractivity contribution is 5.66. The molecule has 0 aromatic carbocycles. The predicted octanol–water partition coefficient (Wildman–Crippen LogP) is 0.391. The van der Waals surface area contributed by atoms with Crippen LogP contribution in [0.25, 0.3) is 0 Å². The molecule has 1 aliphatic heterocycles. The average molecular weight is 174 g/mol. The fourth-order valence-corrected chi connectivity index (χ4v) is 1.42. The first-order chi connectivity index (χ1) is 5.54. The Balaban J connectivity index is 2.42. The van der Waals surface area contributed by atoms with E-state index in [0.29, 0.717) is 13.0 Å². The molecule has 0 radical (unpaired) electrons. The van der Waals surface area contributed by atoms with Crippen molar-refractivity contribution in [2.75, 3.05) is 6.61 Å². The summed E-state index contributed by atoms with van der Waals surface area (Å²) in [7, 11) is 0. The largest absolute Gasteiger partial charge is 0.481 e. The van der Waals surface area contributed by atoms with Gasteiger partial charge in [0.1, 0.15) is 0 Å². The molecule has 2 N–H and O–H groups in total. The van der Waals surface area contributed by atoms with Gasteiger partial charge in [-0.1, -0.05) is 0 Å². The summed E-state index contributed by atoms with van der Waals surface area (Å²) >= 11 is 0. The molecule has 12 heavy (non-hydrogen) atoms. The lowest BCUT2D eigenvalue weighted by molar-refractivity contribution is -0.139. The quantitative estimate of drug-likeness (QED) is 0.649. The van der Waals surface area contributed by atoms with E-state index >= 15 is 0 Å². The molecule has 70 valence electrons. The summed E-state index contributed by atoms with van der Waals surface area (Å²) in [5.41, 5.74) is -0.918. The number of aliphatic hydroxyl groups is 1. The van der Waals surface area contributed by atoms with E-state index in [0.717, 1.165) is 0 Å². The fraction of sp³-hybridized carbons (Fsp3) is 0.875. The first kappa shape index (κ1) is 9.48. The molecular formula is C8H14O4. The molecule has 1 fully saturated rings. The molecule has 1 saturated heterocycles. The smallest absolute Gasteiger partial charge is 0.303 e. The summed E-state index contributed by atoms with van der Waals surface area (Å²) in [6, 6.07) is 0. The molecule has 1 rings (SSSR count). The van der Waals surface area contributed by atoms with Crippen LogP contribution in [0.5, 0.6) is 0 Å². The van der Waals surface area contributed by atoms with Gasteiger partial charge in [0.05, 0.1) is 11.7 Å². The van der Waals surface area contributed by atoms with E-state index in [4.69, 9.17) is 9.84 Å². The van der Waals surface area contributed by atoms with Crippen LogP contribution in [-0.2, 0) is 9.53 Å². The van der Waals surface area contributed by atoms with Crippen molar-refractivity contribution in [2.24, 2.45) is 0 Å². The first-order valence-electron chi connectivity index (χ1n) is 4.10. The van der Waals surface area contributed by atoms with Crippen LogP contribution in [0.2, 0.25) is 0 Å². The van der Waals surface area contributed by atoms with Crippen molar-refractivity contribution in [1.82, 2.24) is 0 Å². The topological polar surface area (TPSA) is 66.8 Å². The second-order valence-corrected chi connectivity index (χ2v) is 3.26. The molecule has 1 heterocycles. The predicted molar refractivity (Wildman–Crippen MR) is 41.9 cm³/mol. The lowest BCUT2D eigenvalue weighted by Crippen LogP contribution is -2.36. The summed E-state index contributed by atoms with van der Waals surface area (Å²) < 4.78 is 5.16. The normalized spacial score (nSPS) is 35.3. The van der Waals surface area contributed by atoms with Crippen molar-refractivity contribution < 1.29 is 19.7 Å². The Morgan fingerprint density at radius 2 is 2.42 bits per heavy atom. The molecule has 0 aliphatic carbocycles. The van der Waals surface area contributed by atoms with Crippen molar-refractivity contribution in [1.29, 1.82) is 0 Å². The second-order valence-electron chi connectivity index (χ2n) is 3.26. The Kier molecular flexibility index (Phi) is 2.69. The van der Waals surface area contributed by atoms with Crippen LogP contribution in [0.4, 0.5) is 0 Å². The monoisotopic (exact) mass is 174 g/mol. The van der Waals surface area contributed by atoms with Crippen LogP contribution < -0.4 is 0 Å². The van der Waals surface area contributed by atoms with Crippen LogP contribution in [-0.4, -0.2) is 34.5 Å². The molecule has 0 spiro atoms. The van der Waals surface area contributed by atoms with Crippen molar-refractivity contribution >= 4 is 5.97 Å². The summed E-state index contributed by atoms with van der Waals surface area (Å²) in [4.78, 5) is 10.3. The maximum absolute atomic E-state index is 10.3. The maximum atomic E-state index is 10.3. The van der Waals surface area contributed by atoms with Gasteiger partial charge in [-0.15, -0.1) is 0 Å². The number of carboxylic acids is 1. The van der Waals surface area contributed by atoms with Gasteiger partial charge in [0.2, 0.25) is 0 Å². The van der Waals surface area contributed by atoms with Gasteiger partial charge >= 0.3 is 5.97 Å². The van der Waals surface area contributed by atoms with Crippen LogP contribution in [0.3, 0.4) is 0 Å². The molecule has 4 nitrogen and oxygen atoms in total. The van der Waals surface area contributed by atoms with Crippen LogP contribution in [0.15, 0.2) is 0 Å². The third-order valence-electron chi connectivity index (χ3n) is 2.43. The number of hydrogen-bond donors (Lipinski definition) is 2. The van der Waals surface area contributed by atoms with Gasteiger partial charge < -0.3 is 14.9 Å². The molecule has 0 saturated carbocycles. The molecule has 2 unspecified atom stereocenters. The number of ether oxygens (including phenoxy) is 1. The molecule has 0 aromatic rings. The zero-order chi connectivity index (χ0) is 9.19. The van der Waals surface area contributed by atoms with Crippen LogP contribution >= 0.6 is 0 Å². The third-order valence-corrected chi connectivity index (χ3v) is 2.43. The zero-order valence-electron chi connectivity index (χ0n) is 7.12. The number of carbonyl (C=O) groups is 1. The minimum atomic E-state index is -0.918. The van der Waals surface area contributed by atoms with Crippen molar-refractivity contribution in [3.05, 3.63) is 0 Å². The van der Waals surface area contributed by atoms with E-state index in [1.807, 2.05) is 0 Å². The summed E-state index contributed by atoms with van der Waals surface area (Å²) in [5, 5.41) is 18.2. The Hall–Kier alpha value is -0.610. The Labute approximate surface area is 71.2 Å². The molecule has 1 aliphatic rings. The minimum Gasteiger partial charge on any atom is -0.481 e. The maximum Gasteiger partial charge on any atom is 0.303 e. The molecule has 0 aromatic heterocycles. The first-order valence-corrected chi connectivity index (χ1v) is 4.10. The minimum absolute atomic E-state index is 0.00417. The van der Waals surface area contributed by atoms with Crippen LogP contribution in [0, 0.1) is 0 Å². The molecule has 4 heteroatoms. The standard InChI is InChI=1S/C8H14O4/c1-6-8(11,4-5-12-6)3-2-7(9)10/h6,11H,2-5H2,1H3,(H,9,10). The lowest BCUT2D eigenvalue weighted by Gasteiger charge is -2.24. The average Bonchev–Trinajstić information content (AvgIpc) is 2.30. The van der Waals surface area contributed by atoms with Gasteiger partial charge in [-0.2, -0.15) is 0 Å². The summed E-state index contributed by atoms with van der Waals surface area (Å²) in [6.45, 7) is 2.30. The van der Waals surface area contributed by atoms with Gasteiger partial charge in [-0.3, -0.25) is 4.79 Å². The molecule has 2 atom stereocenters. The van der Waals surface area contributed by atoms with E-state index in [1.54, 1.807) is 6.92 Å². The fourth-order valence-electron chi connectivity index (χ4n) is 1.42. The van der Waals surface area contributed by atoms with Gasteiger partial charge in [0.15, 0.2) is 0 Å². The highest BCUT2D eigenvalue weighted by Gasteiger charge is 2.39. The van der Waals surface area contributed by atoms with E-state index in [9.17, 15) is 9.90 Å². The highest BCUT2D eigenvalue weighted by Crippen LogP contribution is 2.29. The van der Waals surface area contributed by atoms with Gasteiger partial charge in [-0.05, 0) is 13.3 Å². The molecule has 0 amide bonds. The highest BCUT2D eigenvalue weighted by atomic mass is 16.5. The van der Waals surface area contributed by atoms with Gasteiger partial charge in [0.25, 0.3) is 0 Å². The molecular weight excluding hydrogens is 160 g/mol. The van der Waals surface area contributed by atoms with Crippen molar-refractivity contribution in [3.63, 3.8) is 0 Å². The Morgan fingerprint density at radius 3 is 2.83 bits per heavy atom. The van der Waals surface area contributed by atoms with Crippen molar-refractivity contribution in [3.8, 4) is 0 Å². The number of rotatable bonds is 3. The van der Waals surface area contributed by atoms with Gasteiger partial charge in [-0.25, -0.2) is 0 Å². The second kappa shape index (κ2) is 3.41. The number of carboxylic acid groups (broad SMARTS) is 1. The summed E-state index contributed by atoms with van der Waals surface area (Å²) in [5.74, 6) is -0.873. The SMILES string of the molecule is CC1OCCC1(O)CCC(=O)O. The summed E-state index contributed by atoms with van der Waals surface area (Å²) in [6.07, 6.45) is 0.589. The zero-order valence-corrected chi connectivity index (χ0v) is 7.12. The van der Waals surface area contributed by atoms with E-state index in [1.165, 1.54) is 0 Å². The Bertz CT molecular complexity index is 180.